The fraction of sp³-hybridized carbons (Fsp3) is 0.280. The first-order valence-corrected chi connectivity index (χ1v) is 11.0. The summed E-state index contributed by atoms with van der Waals surface area (Å²) in [4.78, 5) is 14.9. The molecule has 1 aliphatic rings. The van der Waals surface area contributed by atoms with Gasteiger partial charge in [-0.15, -0.1) is 0 Å². The highest BCUT2D eigenvalue weighted by Gasteiger charge is 2.22. The van der Waals surface area contributed by atoms with E-state index in [0.717, 1.165) is 38.0 Å². The van der Waals surface area contributed by atoms with Crippen LogP contribution in [0.4, 0.5) is 20.7 Å². The van der Waals surface area contributed by atoms with Crippen molar-refractivity contribution in [1.82, 2.24) is 14.7 Å². The number of ether oxygens (including phenoxy) is 1. The van der Waals surface area contributed by atoms with Crippen LogP contribution >= 0.6 is 0 Å². The first-order valence-electron chi connectivity index (χ1n) is 11.0. The van der Waals surface area contributed by atoms with Gasteiger partial charge < -0.3 is 10.1 Å². The lowest BCUT2D eigenvalue weighted by atomic mass is 10.1. The number of nitrogens with one attached hydrogen (secondary N) is 2. The maximum Gasteiger partial charge on any atom is 0.324 e. The smallest absolute Gasteiger partial charge is 0.324 e. The molecule has 2 amide bonds. The number of halogens is 1. The molecule has 0 aliphatic carbocycles. The quantitative estimate of drug-likeness (QED) is 0.531. The largest absolute Gasteiger partial charge is 0.495 e. The first kappa shape index (κ1) is 22.5. The average Bonchev–Trinajstić information content (AvgIpc) is 3.29. The molecular formula is C25H28FN5O2. The minimum Gasteiger partial charge on any atom is -0.495 e. The van der Waals surface area contributed by atoms with E-state index in [9.17, 15) is 9.18 Å². The Bertz CT molecular complexity index is 1090. The summed E-state index contributed by atoms with van der Waals surface area (Å²) in [6.07, 6.45) is 7.71. The molecule has 1 saturated heterocycles. The van der Waals surface area contributed by atoms with Crippen molar-refractivity contribution in [1.29, 1.82) is 0 Å². The molecule has 8 heteroatoms. The SMILES string of the molecule is COc1ccccc1NC(=O)Nc1ccnn1C1CCN(CC=Cc2ccc(F)cc2)CC1. The summed E-state index contributed by atoms with van der Waals surface area (Å²) in [7, 11) is 1.57. The predicted molar refractivity (Wildman–Crippen MR) is 128 cm³/mol. The molecule has 2 aromatic carbocycles. The van der Waals surface area contributed by atoms with E-state index < -0.39 is 0 Å². The number of nitrogens with zero attached hydrogens (tertiary/aromatic N) is 3. The highest BCUT2D eigenvalue weighted by atomic mass is 19.1. The fourth-order valence-electron chi connectivity index (χ4n) is 3.98. The Kier molecular flexibility index (Phi) is 7.36. The van der Waals surface area contributed by atoms with Gasteiger partial charge in [0, 0.05) is 25.7 Å². The van der Waals surface area contributed by atoms with Gasteiger partial charge >= 0.3 is 6.03 Å². The fourth-order valence-corrected chi connectivity index (χ4v) is 3.98. The van der Waals surface area contributed by atoms with E-state index in [1.165, 1.54) is 12.1 Å². The van der Waals surface area contributed by atoms with E-state index in [1.54, 1.807) is 43.6 Å². The maximum atomic E-state index is 13.0. The number of amides is 2. The van der Waals surface area contributed by atoms with Gasteiger partial charge in [-0.2, -0.15) is 5.10 Å². The zero-order valence-corrected chi connectivity index (χ0v) is 18.6. The molecule has 0 atom stereocenters. The number of para-hydroxylation sites is 2. The van der Waals surface area contributed by atoms with Crippen LogP contribution in [0.1, 0.15) is 24.4 Å². The van der Waals surface area contributed by atoms with E-state index in [-0.39, 0.29) is 17.9 Å². The number of hydrogen-bond acceptors (Lipinski definition) is 4. The van der Waals surface area contributed by atoms with Gasteiger partial charge in [-0.25, -0.2) is 13.9 Å². The number of benzene rings is 2. The molecule has 0 unspecified atom stereocenters. The van der Waals surface area contributed by atoms with Crippen molar-refractivity contribution in [3.63, 3.8) is 0 Å². The van der Waals surface area contributed by atoms with Crippen LogP contribution < -0.4 is 15.4 Å². The maximum absolute atomic E-state index is 13.0. The number of aromatic nitrogens is 2. The number of carbonyl (C=O) groups is 1. The molecule has 172 valence electrons. The van der Waals surface area contributed by atoms with Crippen molar-refractivity contribution in [3.8, 4) is 5.75 Å². The second-order valence-corrected chi connectivity index (χ2v) is 7.93. The summed E-state index contributed by atoms with van der Waals surface area (Å²) < 4.78 is 20.2. The summed E-state index contributed by atoms with van der Waals surface area (Å²) in [6.45, 7) is 2.71. The van der Waals surface area contributed by atoms with Gasteiger partial charge in [0.2, 0.25) is 0 Å². The highest BCUT2D eigenvalue weighted by molar-refractivity contribution is 6.00. The molecule has 0 bridgehead atoms. The minimum atomic E-state index is -0.343. The topological polar surface area (TPSA) is 71.4 Å². The van der Waals surface area contributed by atoms with Crippen molar-refractivity contribution in [2.45, 2.75) is 18.9 Å². The van der Waals surface area contributed by atoms with Crippen LogP contribution in [0, 0.1) is 5.82 Å². The van der Waals surface area contributed by atoms with Crippen molar-refractivity contribution in [2.24, 2.45) is 0 Å². The minimum absolute atomic E-state index is 0.221. The molecule has 4 rings (SSSR count). The lowest BCUT2D eigenvalue weighted by Gasteiger charge is -2.32. The van der Waals surface area contributed by atoms with E-state index in [4.69, 9.17) is 4.74 Å². The summed E-state index contributed by atoms with van der Waals surface area (Å²) in [5, 5.41) is 10.2. The van der Waals surface area contributed by atoms with Crippen molar-refractivity contribution < 1.29 is 13.9 Å². The number of rotatable bonds is 7. The molecule has 1 aliphatic heterocycles. The summed E-state index contributed by atoms with van der Waals surface area (Å²) in [5.74, 6) is 1.04. The standard InChI is InChI=1S/C25H28FN5O2/c1-33-23-7-3-2-6-22(23)28-25(32)29-24-12-15-27-31(24)21-13-17-30(18-14-21)16-4-5-19-8-10-20(26)11-9-19/h2-12,15,21H,13-14,16-18H2,1H3,(H2,28,29,32). The molecule has 0 saturated carbocycles. The van der Waals surface area contributed by atoms with Crippen LogP contribution in [0.5, 0.6) is 5.75 Å². The zero-order chi connectivity index (χ0) is 23.0. The van der Waals surface area contributed by atoms with Crippen LogP contribution in [-0.2, 0) is 0 Å². The molecule has 2 heterocycles. The molecule has 0 spiro atoms. The molecule has 1 aromatic heterocycles. The lowest BCUT2D eigenvalue weighted by Crippen LogP contribution is -2.35. The number of likely N-dealkylation sites (tertiary alicyclic amines) is 1. The third-order valence-electron chi connectivity index (χ3n) is 5.71. The van der Waals surface area contributed by atoms with Crippen molar-refractivity contribution in [3.05, 3.63) is 78.3 Å². The molecule has 0 radical (unpaired) electrons. The molecule has 1 fully saturated rings. The Morgan fingerprint density at radius 1 is 1.12 bits per heavy atom. The zero-order valence-electron chi connectivity index (χ0n) is 18.6. The van der Waals surface area contributed by atoms with E-state index >= 15 is 0 Å². The Hall–Kier alpha value is -3.65. The average molecular weight is 450 g/mol. The van der Waals surface area contributed by atoms with Gasteiger partial charge in [0.25, 0.3) is 0 Å². The van der Waals surface area contributed by atoms with Gasteiger partial charge in [0.1, 0.15) is 17.4 Å². The molecule has 7 nitrogen and oxygen atoms in total. The van der Waals surface area contributed by atoms with Gasteiger partial charge in [-0.05, 0) is 42.7 Å². The van der Waals surface area contributed by atoms with Crippen LogP contribution in [0.25, 0.3) is 6.08 Å². The van der Waals surface area contributed by atoms with Crippen molar-refractivity contribution >= 4 is 23.6 Å². The van der Waals surface area contributed by atoms with Crippen LogP contribution in [0.3, 0.4) is 0 Å². The first-order chi connectivity index (χ1) is 16.1. The molecular weight excluding hydrogens is 421 g/mol. The van der Waals surface area contributed by atoms with Crippen LogP contribution in [-0.4, -0.2) is 47.5 Å². The summed E-state index contributed by atoms with van der Waals surface area (Å²) >= 11 is 0. The summed E-state index contributed by atoms with van der Waals surface area (Å²) in [5.41, 5.74) is 1.59. The molecule has 3 aromatic rings. The monoisotopic (exact) mass is 449 g/mol. The Labute approximate surface area is 192 Å². The second-order valence-electron chi connectivity index (χ2n) is 7.93. The van der Waals surface area contributed by atoms with Crippen molar-refractivity contribution in [2.75, 3.05) is 37.4 Å². The Balaban J connectivity index is 1.28. The number of anilines is 2. The number of piperidine rings is 1. The normalized spacial score (nSPS) is 15.0. The van der Waals surface area contributed by atoms with Gasteiger partial charge in [0.15, 0.2) is 0 Å². The highest BCUT2D eigenvalue weighted by Crippen LogP contribution is 2.26. The van der Waals surface area contributed by atoms with E-state index in [0.29, 0.717) is 17.3 Å². The van der Waals surface area contributed by atoms with Gasteiger partial charge in [0.05, 0.1) is 25.0 Å². The number of hydrogen-bond donors (Lipinski definition) is 2. The predicted octanol–water partition coefficient (Wildman–Crippen LogP) is 5.03. The number of methoxy groups -OCH3 is 1. The van der Waals surface area contributed by atoms with Gasteiger partial charge in [-0.1, -0.05) is 36.4 Å². The number of urea groups is 1. The van der Waals surface area contributed by atoms with Crippen LogP contribution in [0.2, 0.25) is 0 Å². The number of carbonyl (C=O) groups excluding carboxylic acids is 1. The molecule has 2 N–H and O–H groups in total. The van der Waals surface area contributed by atoms with Gasteiger partial charge in [-0.3, -0.25) is 10.2 Å². The Morgan fingerprint density at radius 2 is 1.88 bits per heavy atom. The second kappa shape index (κ2) is 10.8. The summed E-state index contributed by atoms with van der Waals surface area (Å²) in [6, 6.07) is 15.4. The molecule has 33 heavy (non-hydrogen) atoms. The van der Waals surface area contributed by atoms with E-state index in [2.05, 4.69) is 26.7 Å². The van der Waals surface area contributed by atoms with E-state index in [1.807, 2.05) is 22.9 Å². The Morgan fingerprint density at radius 3 is 2.64 bits per heavy atom. The third kappa shape index (κ3) is 5.98. The third-order valence-corrected chi connectivity index (χ3v) is 5.71. The lowest BCUT2D eigenvalue weighted by molar-refractivity contribution is 0.196. The van der Waals surface area contributed by atoms with Crippen LogP contribution in [0.15, 0.2) is 66.9 Å².